The number of carbonyl (C=O) groups is 1. The van der Waals surface area contributed by atoms with E-state index >= 15 is 0 Å². The standard InChI is InChI=1S/C14H18N2O/c1-10-5-7-16(8-6-10)14(17)12-4-3-11(2)13(15)9-12/h3-5,9H,6-8,15H2,1-2H3. The van der Waals surface area contributed by atoms with Crippen LogP contribution in [-0.4, -0.2) is 23.9 Å². The molecule has 1 aromatic carbocycles. The van der Waals surface area contributed by atoms with Gasteiger partial charge in [-0.25, -0.2) is 0 Å². The van der Waals surface area contributed by atoms with Gasteiger partial charge in [-0.2, -0.15) is 0 Å². The molecular formula is C14H18N2O. The highest BCUT2D eigenvalue weighted by Gasteiger charge is 2.17. The average molecular weight is 230 g/mol. The van der Waals surface area contributed by atoms with Crippen molar-refractivity contribution in [2.75, 3.05) is 18.8 Å². The molecule has 90 valence electrons. The number of nitrogens with zero attached hydrogens (tertiary/aromatic N) is 1. The Hall–Kier alpha value is -1.77. The lowest BCUT2D eigenvalue weighted by Crippen LogP contribution is -2.34. The number of hydrogen-bond donors (Lipinski definition) is 1. The zero-order chi connectivity index (χ0) is 12.4. The van der Waals surface area contributed by atoms with Gasteiger partial charge in [-0.05, 0) is 38.0 Å². The van der Waals surface area contributed by atoms with Crippen LogP contribution in [0.4, 0.5) is 5.69 Å². The molecular weight excluding hydrogens is 212 g/mol. The first kappa shape index (κ1) is 11.7. The Bertz CT molecular complexity index is 477. The van der Waals surface area contributed by atoms with Crippen molar-refractivity contribution in [2.45, 2.75) is 20.3 Å². The monoisotopic (exact) mass is 230 g/mol. The number of aryl methyl sites for hydroxylation is 1. The summed E-state index contributed by atoms with van der Waals surface area (Å²) in [6.45, 7) is 5.55. The number of rotatable bonds is 1. The molecule has 0 aromatic heterocycles. The lowest BCUT2D eigenvalue weighted by Gasteiger charge is -2.25. The van der Waals surface area contributed by atoms with Crippen LogP contribution in [0.25, 0.3) is 0 Å². The van der Waals surface area contributed by atoms with E-state index in [1.54, 1.807) is 6.07 Å². The minimum Gasteiger partial charge on any atom is -0.398 e. The number of amides is 1. The highest BCUT2D eigenvalue weighted by molar-refractivity contribution is 5.95. The van der Waals surface area contributed by atoms with E-state index in [0.717, 1.165) is 18.5 Å². The molecule has 0 atom stereocenters. The third-order valence-electron chi connectivity index (χ3n) is 3.25. The molecule has 0 bridgehead atoms. The maximum absolute atomic E-state index is 12.2. The third kappa shape index (κ3) is 2.49. The van der Waals surface area contributed by atoms with Crippen LogP contribution in [0.15, 0.2) is 29.8 Å². The van der Waals surface area contributed by atoms with Crippen LogP contribution in [0, 0.1) is 6.92 Å². The third-order valence-corrected chi connectivity index (χ3v) is 3.25. The predicted octanol–water partition coefficient (Wildman–Crippen LogP) is 2.37. The Balaban J connectivity index is 2.17. The molecule has 0 unspecified atom stereocenters. The molecule has 0 saturated carbocycles. The smallest absolute Gasteiger partial charge is 0.254 e. The molecule has 3 heteroatoms. The first-order chi connectivity index (χ1) is 8.08. The van der Waals surface area contributed by atoms with E-state index in [4.69, 9.17) is 5.73 Å². The SMILES string of the molecule is CC1=CCN(C(=O)c2ccc(C)c(N)c2)CC1. The summed E-state index contributed by atoms with van der Waals surface area (Å²) in [4.78, 5) is 14.1. The Kier molecular flexibility index (Phi) is 3.18. The Morgan fingerprint density at radius 1 is 1.35 bits per heavy atom. The van der Waals surface area contributed by atoms with Crippen LogP contribution in [0.5, 0.6) is 0 Å². The molecule has 1 aromatic rings. The van der Waals surface area contributed by atoms with Gasteiger partial charge in [0.15, 0.2) is 0 Å². The van der Waals surface area contributed by atoms with Crippen molar-refractivity contribution in [1.82, 2.24) is 4.90 Å². The van der Waals surface area contributed by atoms with Crippen molar-refractivity contribution >= 4 is 11.6 Å². The van der Waals surface area contributed by atoms with Gasteiger partial charge in [0.05, 0.1) is 0 Å². The Labute approximate surface area is 102 Å². The maximum atomic E-state index is 12.2. The van der Waals surface area contributed by atoms with Crippen molar-refractivity contribution in [3.05, 3.63) is 41.0 Å². The highest BCUT2D eigenvalue weighted by atomic mass is 16.2. The molecule has 1 aliphatic rings. The van der Waals surface area contributed by atoms with E-state index in [1.807, 2.05) is 24.0 Å². The maximum Gasteiger partial charge on any atom is 0.254 e. The fourth-order valence-electron chi connectivity index (χ4n) is 1.91. The number of nitrogens with two attached hydrogens (primary N) is 1. The molecule has 1 heterocycles. The van der Waals surface area contributed by atoms with E-state index in [9.17, 15) is 4.79 Å². The van der Waals surface area contributed by atoms with Gasteiger partial charge in [0.1, 0.15) is 0 Å². The fourth-order valence-corrected chi connectivity index (χ4v) is 1.91. The minimum absolute atomic E-state index is 0.0699. The first-order valence-corrected chi connectivity index (χ1v) is 5.89. The molecule has 2 N–H and O–H groups in total. The molecule has 0 spiro atoms. The Morgan fingerprint density at radius 3 is 2.71 bits per heavy atom. The fraction of sp³-hybridized carbons (Fsp3) is 0.357. The number of anilines is 1. The lowest BCUT2D eigenvalue weighted by molar-refractivity contribution is 0.0769. The van der Waals surface area contributed by atoms with Gasteiger partial charge in [0, 0.05) is 24.3 Å². The Morgan fingerprint density at radius 2 is 2.12 bits per heavy atom. The summed E-state index contributed by atoms with van der Waals surface area (Å²) in [5.41, 5.74) is 9.56. The zero-order valence-electron chi connectivity index (χ0n) is 10.4. The van der Waals surface area contributed by atoms with Crippen LogP contribution in [0.1, 0.15) is 29.3 Å². The zero-order valence-corrected chi connectivity index (χ0v) is 10.4. The summed E-state index contributed by atoms with van der Waals surface area (Å²) >= 11 is 0. The van der Waals surface area contributed by atoms with E-state index in [0.29, 0.717) is 17.8 Å². The summed E-state index contributed by atoms with van der Waals surface area (Å²) in [7, 11) is 0. The molecule has 0 fully saturated rings. The van der Waals surface area contributed by atoms with Gasteiger partial charge in [-0.3, -0.25) is 4.79 Å². The predicted molar refractivity (Wildman–Crippen MR) is 69.9 cm³/mol. The summed E-state index contributed by atoms with van der Waals surface area (Å²) in [6.07, 6.45) is 3.08. The van der Waals surface area contributed by atoms with Crippen LogP contribution in [0.2, 0.25) is 0 Å². The highest BCUT2D eigenvalue weighted by Crippen LogP contribution is 2.17. The van der Waals surface area contributed by atoms with E-state index < -0.39 is 0 Å². The van der Waals surface area contributed by atoms with Gasteiger partial charge in [-0.15, -0.1) is 0 Å². The summed E-state index contributed by atoms with van der Waals surface area (Å²) in [5, 5.41) is 0. The second-order valence-corrected chi connectivity index (χ2v) is 4.62. The van der Waals surface area contributed by atoms with Gasteiger partial charge in [0.25, 0.3) is 5.91 Å². The second-order valence-electron chi connectivity index (χ2n) is 4.62. The van der Waals surface area contributed by atoms with Crippen molar-refractivity contribution < 1.29 is 4.79 Å². The van der Waals surface area contributed by atoms with Gasteiger partial charge in [0.2, 0.25) is 0 Å². The van der Waals surface area contributed by atoms with Crippen LogP contribution in [-0.2, 0) is 0 Å². The first-order valence-electron chi connectivity index (χ1n) is 5.89. The molecule has 3 nitrogen and oxygen atoms in total. The minimum atomic E-state index is 0.0699. The van der Waals surface area contributed by atoms with Gasteiger partial charge in [-0.1, -0.05) is 17.7 Å². The summed E-state index contributed by atoms with van der Waals surface area (Å²) in [6, 6.07) is 5.51. The van der Waals surface area contributed by atoms with Crippen molar-refractivity contribution in [3.63, 3.8) is 0 Å². The number of hydrogen-bond acceptors (Lipinski definition) is 2. The van der Waals surface area contributed by atoms with E-state index in [2.05, 4.69) is 13.0 Å². The summed E-state index contributed by atoms with van der Waals surface area (Å²) < 4.78 is 0. The van der Waals surface area contributed by atoms with Crippen LogP contribution >= 0.6 is 0 Å². The second kappa shape index (κ2) is 4.62. The number of benzene rings is 1. The van der Waals surface area contributed by atoms with Crippen molar-refractivity contribution in [2.24, 2.45) is 0 Å². The van der Waals surface area contributed by atoms with Crippen LogP contribution < -0.4 is 5.73 Å². The molecule has 0 saturated heterocycles. The quantitative estimate of drug-likeness (QED) is 0.594. The normalized spacial score (nSPS) is 15.6. The van der Waals surface area contributed by atoms with Crippen molar-refractivity contribution in [3.8, 4) is 0 Å². The molecule has 0 radical (unpaired) electrons. The molecule has 1 aliphatic heterocycles. The van der Waals surface area contributed by atoms with Crippen LogP contribution in [0.3, 0.4) is 0 Å². The molecule has 2 rings (SSSR count). The van der Waals surface area contributed by atoms with Gasteiger partial charge >= 0.3 is 0 Å². The topological polar surface area (TPSA) is 46.3 Å². The van der Waals surface area contributed by atoms with E-state index in [1.165, 1.54) is 5.57 Å². The van der Waals surface area contributed by atoms with E-state index in [-0.39, 0.29) is 5.91 Å². The lowest BCUT2D eigenvalue weighted by atomic mass is 10.1. The largest absolute Gasteiger partial charge is 0.398 e. The van der Waals surface area contributed by atoms with Gasteiger partial charge < -0.3 is 10.6 Å². The number of carbonyl (C=O) groups excluding carboxylic acids is 1. The van der Waals surface area contributed by atoms with Crippen molar-refractivity contribution in [1.29, 1.82) is 0 Å². The molecule has 0 aliphatic carbocycles. The molecule has 17 heavy (non-hydrogen) atoms. The molecule has 1 amide bonds. The number of nitrogen functional groups attached to an aromatic ring is 1. The summed E-state index contributed by atoms with van der Waals surface area (Å²) in [5.74, 6) is 0.0699. The average Bonchev–Trinajstić information content (AvgIpc) is 2.33.